The fourth-order valence-electron chi connectivity index (χ4n) is 4.34. The molecule has 33 heavy (non-hydrogen) atoms. The predicted molar refractivity (Wildman–Crippen MR) is 132 cm³/mol. The van der Waals surface area contributed by atoms with Gasteiger partial charge in [0, 0.05) is 31.7 Å². The van der Waals surface area contributed by atoms with E-state index in [4.69, 9.17) is 11.6 Å². The van der Waals surface area contributed by atoms with Crippen LogP contribution in [0.15, 0.2) is 77.6 Å². The summed E-state index contributed by atoms with van der Waals surface area (Å²) < 4.78 is 1.58. The van der Waals surface area contributed by atoms with E-state index in [2.05, 4.69) is 9.88 Å². The van der Waals surface area contributed by atoms with Gasteiger partial charge in [0.15, 0.2) is 0 Å². The number of amides is 1. The van der Waals surface area contributed by atoms with E-state index in [9.17, 15) is 9.59 Å². The lowest BCUT2D eigenvalue weighted by Crippen LogP contribution is -2.48. The number of para-hydroxylation sites is 2. The van der Waals surface area contributed by atoms with E-state index in [-0.39, 0.29) is 11.5 Å². The van der Waals surface area contributed by atoms with E-state index in [0.29, 0.717) is 41.1 Å². The molecule has 5 rings (SSSR count). The highest BCUT2D eigenvalue weighted by Gasteiger charge is 2.23. The van der Waals surface area contributed by atoms with Gasteiger partial charge >= 0.3 is 0 Å². The molecule has 166 valence electrons. The molecule has 1 aliphatic heterocycles. The molecule has 0 spiro atoms. The Morgan fingerprint density at radius 3 is 2.27 bits per heavy atom. The number of rotatable bonds is 3. The number of hydrogen-bond donors (Lipinski definition) is 0. The monoisotopic (exact) mass is 458 g/mol. The molecular formula is C26H23ClN4O2. The first-order chi connectivity index (χ1) is 16.0. The van der Waals surface area contributed by atoms with Gasteiger partial charge in [-0.05, 0) is 55.5 Å². The quantitative estimate of drug-likeness (QED) is 0.459. The number of hydrogen-bond acceptors (Lipinski definition) is 4. The van der Waals surface area contributed by atoms with Crippen molar-refractivity contribution in [3.8, 4) is 5.69 Å². The number of anilines is 1. The summed E-state index contributed by atoms with van der Waals surface area (Å²) in [6.45, 7) is 4.51. The second-order valence-corrected chi connectivity index (χ2v) is 8.50. The normalized spacial score (nSPS) is 14.0. The van der Waals surface area contributed by atoms with E-state index in [1.54, 1.807) is 34.9 Å². The Kier molecular flexibility index (Phi) is 5.60. The van der Waals surface area contributed by atoms with Crippen molar-refractivity contribution in [1.29, 1.82) is 0 Å². The van der Waals surface area contributed by atoms with Gasteiger partial charge in [0.05, 0.1) is 27.3 Å². The molecule has 0 bridgehead atoms. The largest absolute Gasteiger partial charge is 0.367 e. The first-order valence-corrected chi connectivity index (χ1v) is 11.3. The van der Waals surface area contributed by atoms with E-state index in [1.807, 2.05) is 54.3 Å². The maximum atomic E-state index is 13.1. The summed E-state index contributed by atoms with van der Waals surface area (Å²) in [5.41, 5.74) is 2.85. The Bertz CT molecular complexity index is 1390. The third-order valence-electron chi connectivity index (χ3n) is 6.08. The summed E-state index contributed by atoms with van der Waals surface area (Å²) in [5.74, 6) is 0.592. The summed E-state index contributed by atoms with van der Waals surface area (Å²) >= 11 is 6.32. The molecule has 4 aromatic rings. The molecule has 1 aliphatic rings. The zero-order chi connectivity index (χ0) is 22.9. The van der Waals surface area contributed by atoms with Gasteiger partial charge in [0.2, 0.25) is 0 Å². The SMILES string of the molecule is Cc1nc2ccccc2c(=O)n1-c1ccc(C(=O)N2CCN(c3ccccc3Cl)CC2)cc1. The van der Waals surface area contributed by atoms with Crippen LogP contribution >= 0.6 is 11.6 Å². The van der Waals surface area contributed by atoms with Crippen LogP contribution in [0.25, 0.3) is 16.6 Å². The van der Waals surface area contributed by atoms with Crippen LogP contribution in [0.3, 0.4) is 0 Å². The van der Waals surface area contributed by atoms with Crippen LogP contribution in [0.4, 0.5) is 5.69 Å². The van der Waals surface area contributed by atoms with Crippen LogP contribution < -0.4 is 10.5 Å². The van der Waals surface area contributed by atoms with Gasteiger partial charge in [-0.3, -0.25) is 14.2 Å². The van der Waals surface area contributed by atoms with Crippen LogP contribution in [-0.4, -0.2) is 46.5 Å². The number of fused-ring (bicyclic) bond motifs is 1. The summed E-state index contributed by atoms with van der Waals surface area (Å²) in [4.78, 5) is 34.7. The van der Waals surface area contributed by atoms with Crippen molar-refractivity contribution in [2.75, 3.05) is 31.1 Å². The van der Waals surface area contributed by atoms with E-state index in [0.717, 1.165) is 23.8 Å². The average molecular weight is 459 g/mol. The summed E-state index contributed by atoms with van der Waals surface area (Å²) in [5, 5.41) is 1.29. The van der Waals surface area contributed by atoms with Crippen molar-refractivity contribution in [2.24, 2.45) is 0 Å². The zero-order valence-corrected chi connectivity index (χ0v) is 19.0. The minimum Gasteiger partial charge on any atom is -0.367 e. The summed E-state index contributed by atoms with van der Waals surface area (Å²) in [6.07, 6.45) is 0. The van der Waals surface area contributed by atoms with Gasteiger partial charge < -0.3 is 9.80 Å². The number of aryl methyl sites for hydroxylation is 1. The predicted octanol–water partition coefficient (Wildman–Crippen LogP) is 4.31. The van der Waals surface area contributed by atoms with E-state index in [1.165, 1.54) is 0 Å². The van der Waals surface area contributed by atoms with Crippen molar-refractivity contribution in [2.45, 2.75) is 6.92 Å². The molecule has 0 saturated carbocycles. The molecule has 0 aliphatic carbocycles. The number of aromatic nitrogens is 2. The van der Waals surface area contributed by atoms with Gasteiger partial charge in [0.25, 0.3) is 11.5 Å². The maximum Gasteiger partial charge on any atom is 0.265 e. The Morgan fingerprint density at radius 2 is 1.55 bits per heavy atom. The van der Waals surface area contributed by atoms with Gasteiger partial charge in [-0.25, -0.2) is 4.98 Å². The highest BCUT2D eigenvalue weighted by Crippen LogP contribution is 2.26. The van der Waals surface area contributed by atoms with Crippen molar-refractivity contribution in [1.82, 2.24) is 14.5 Å². The third kappa shape index (κ3) is 3.98. The van der Waals surface area contributed by atoms with Crippen LogP contribution in [0, 0.1) is 6.92 Å². The lowest BCUT2D eigenvalue weighted by molar-refractivity contribution is 0.0747. The van der Waals surface area contributed by atoms with Crippen LogP contribution in [0.2, 0.25) is 5.02 Å². The molecule has 6 nitrogen and oxygen atoms in total. The lowest BCUT2D eigenvalue weighted by atomic mass is 10.1. The number of nitrogens with zero attached hydrogens (tertiary/aromatic N) is 4. The Morgan fingerprint density at radius 1 is 0.879 bits per heavy atom. The van der Waals surface area contributed by atoms with Crippen LogP contribution in [-0.2, 0) is 0 Å². The molecule has 3 aromatic carbocycles. The van der Waals surface area contributed by atoms with Crippen molar-refractivity contribution in [3.05, 3.63) is 99.6 Å². The van der Waals surface area contributed by atoms with E-state index >= 15 is 0 Å². The minimum atomic E-state index is -0.118. The smallest absolute Gasteiger partial charge is 0.265 e. The molecular weight excluding hydrogens is 436 g/mol. The Labute approximate surface area is 196 Å². The number of halogens is 1. The zero-order valence-electron chi connectivity index (χ0n) is 18.2. The van der Waals surface area contributed by atoms with Crippen molar-refractivity contribution >= 4 is 34.1 Å². The number of carbonyl (C=O) groups excluding carboxylic acids is 1. The molecule has 1 fully saturated rings. The number of piperazine rings is 1. The van der Waals surface area contributed by atoms with Crippen molar-refractivity contribution < 1.29 is 4.79 Å². The van der Waals surface area contributed by atoms with Crippen LogP contribution in [0.5, 0.6) is 0 Å². The van der Waals surface area contributed by atoms with Crippen LogP contribution in [0.1, 0.15) is 16.2 Å². The molecule has 0 radical (unpaired) electrons. The highest BCUT2D eigenvalue weighted by molar-refractivity contribution is 6.33. The fourth-order valence-corrected chi connectivity index (χ4v) is 4.60. The number of benzene rings is 3. The average Bonchev–Trinajstić information content (AvgIpc) is 2.84. The first kappa shape index (κ1) is 21.2. The molecule has 7 heteroatoms. The molecule has 1 amide bonds. The Balaban J connectivity index is 1.33. The molecule has 0 atom stereocenters. The molecule has 0 N–H and O–H groups in total. The summed E-state index contributed by atoms with van der Waals surface area (Å²) in [6, 6.07) is 22.2. The molecule has 1 saturated heterocycles. The van der Waals surface area contributed by atoms with E-state index < -0.39 is 0 Å². The van der Waals surface area contributed by atoms with Gasteiger partial charge in [-0.1, -0.05) is 35.9 Å². The fraction of sp³-hybridized carbons (Fsp3) is 0.192. The van der Waals surface area contributed by atoms with Gasteiger partial charge in [0.1, 0.15) is 5.82 Å². The Hall–Kier alpha value is -3.64. The van der Waals surface area contributed by atoms with Gasteiger partial charge in [-0.15, -0.1) is 0 Å². The second kappa shape index (κ2) is 8.71. The third-order valence-corrected chi connectivity index (χ3v) is 6.40. The molecule has 0 unspecified atom stereocenters. The standard InChI is InChI=1S/C26H23ClN4O2/c1-18-28-23-8-4-2-6-21(23)26(33)31(18)20-12-10-19(11-13-20)25(32)30-16-14-29(15-17-30)24-9-5-3-7-22(24)27/h2-13H,14-17H2,1H3. The highest BCUT2D eigenvalue weighted by atomic mass is 35.5. The summed E-state index contributed by atoms with van der Waals surface area (Å²) in [7, 11) is 0. The molecule has 1 aromatic heterocycles. The van der Waals surface area contributed by atoms with Crippen molar-refractivity contribution in [3.63, 3.8) is 0 Å². The van der Waals surface area contributed by atoms with Gasteiger partial charge in [-0.2, -0.15) is 0 Å². The first-order valence-electron chi connectivity index (χ1n) is 10.9. The molecule has 2 heterocycles. The maximum absolute atomic E-state index is 13.1. The lowest BCUT2D eigenvalue weighted by Gasteiger charge is -2.36. The number of carbonyl (C=O) groups is 1. The second-order valence-electron chi connectivity index (χ2n) is 8.09. The topological polar surface area (TPSA) is 58.4 Å². The minimum absolute atomic E-state index is 0.0129.